The summed E-state index contributed by atoms with van der Waals surface area (Å²) in [7, 11) is 0. The van der Waals surface area contributed by atoms with Crippen molar-refractivity contribution in [1.29, 1.82) is 0 Å². The Balaban J connectivity index is 1.93. The van der Waals surface area contributed by atoms with Gasteiger partial charge in [-0.1, -0.05) is 32.4 Å². The smallest absolute Gasteiger partial charge is 0.251 e. The molecule has 2 aromatic carbocycles. The SMILES string of the molecule is CCNC(=O)c1ccc2c(c1)nc(-c1ccc(Cl)cc1)n2-c1cc(C(C)(C)C)[nH]n1. The topological polar surface area (TPSA) is 75.6 Å². The predicted molar refractivity (Wildman–Crippen MR) is 120 cm³/mol. The average Bonchev–Trinajstić information content (AvgIpc) is 3.32. The summed E-state index contributed by atoms with van der Waals surface area (Å²) >= 11 is 6.08. The van der Waals surface area contributed by atoms with E-state index in [0.29, 0.717) is 17.1 Å². The highest BCUT2D eigenvalue weighted by Crippen LogP contribution is 2.31. The molecule has 7 heteroatoms. The Morgan fingerprint density at radius 1 is 1.13 bits per heavy atom. The molecule has 0 unspecified atom stereocenters. The third-order valence-electron chi connectivity index (χ3n) is 4.96. The van der Waals surface area contributed by atoms with E-state index in [-0.39, 0.29) is 11.3 Å². The number of carbonyl (C=O) groups is 1. The molecule has 0 saturated carbocycles. The van der Waals surface area contributed by atoms with Gasteiger partial charge in [-0.15, -0.1) is 0 Å². The lowest BCUT2D eigenvalue weighted by Crippen LogP contribution is -2.22. The number of nitrogens with one attached hydrogen (secondary N) is 2. The van der Waals surface area contributed by atoms with Gasteiger partial charge in [0.1, 0.15) is 5.82 Å². The number of benzene rings is 2. The summed E-state index contributed by atoms with van der Waals surface area (Å²) in [5.41, 5.74) is 4.06. The number of amides is 1. The van der Waals surface area contributed by atoms with Crippen molar-refractivity contribution in [3.05, 3.63) is 64.8 Å². The van der Waals surface area contributed by atoms with Gasteiger partial charge in [0.15, 0.2) is 5.82 Å². The van der Waals surface area contributed by atoms with Crippen molar-refractivity contribution in [2.45, 2.75) is 33.1 Å². The van der Waals surface area contributed by atoms with Crippen LogP contribution in [0.5, 0.6) is 0 Å². The largest absolute Gasteiger partial charge is 0.352 e. The third-order valence-corrected chi connectivity index (χ3v) is 5.21. The van der Waals surface area contributed by atoms with Gasteiger partial charge in [0.05, 0.1) is 11.0 Å². The Bertz CT molecular complexity index is 1210. The Morgan fingerprint density at radius 2 is 1.87 bits per heavy atom. The van der Waals surface area contributed by atoms with E-state index >= 15 is 0 Å². The van der Waals surface area contributed by atoms with Crippen LogP contribution in [-0.4, -0.2) is 32.2 Å². The molecule has 2 aromatic heterocycles. The minimum absolute atomic E-state index is 0.0620. The lowest BCUT2D eigenvalue weighted by molar-refractivity contribution is 0.0956. The first kappa shape index (κ1) is 20.2. The molecule has 2 N–H and O–H groups in total. The van der Waals surface area contributed by atoms with Crippen LogP contribution in [0, 0.1) is 0 Å². The molecule has 2 heterocycles. The molecule has 0 fully saturated rings. The van der Waals surface area contributed by atoms with Gasteiger partial charge in [-0.3, -0.25) is 14.5 Å². The number of imidazole rings is 1. The second kappa shape index (κ2) is 7.61. The molecule has 0 aliphatic carbocycles. The molecular weight excluding hydrogens is 398 g/mol. The first-order chi connectivity index (χ1) is 14.3. The standard InChI is InChI=1S/C23H24ClN5O/c1-5-25-22(30)15-8-11-18-17(12-15)26-21(14-6-9-16(24)10-7-14)29(18)20-13-19(27-28-20)23(2,3)4/h6-13H,5H2,1-4H3,(H,25,30)(H,27,28). The predicted octanol–water partition coefficient (Wildman–Crippen LogP) is 5.12. The van der Waals surface area contributed by atoms with E-state index in [0.717, 1.165) is 33.9 Å². The van der Waals surface area contributed by atoms with Crippen LogP contribution < -0.4 is 5.32 Å². The lowest BCUT2D eigenvalue weighted by Gasteiger charge is -2.14. The van der Waals surface area contributed by atoms with E-state index in [1.165, 1.54) is 0 Å². The molecular formula is C23H24ClN5O. The summed E-state index contributed by atoms with van der Waals surface area (Å²) in [5.74, 6) is 1.37. The fourth-order valence-electron chi connectivity index (χ4n) is 3.32. The van der Waals surface area contributed by atoms with E-state index in [1.807, 2.05) is 60.0 Å². The zero-order valence-electron chi connectivity index (χ0n) is 17.5. The van der Waals surface area contributed by atoms with Gasteiger partial charge in [-0.25, -0.2) is 4.98 Å². The maximum atomic E-state index is 12.3. The Hall–Kier alpha value is -3.12. The van der Waals surface area contributed by atoms with E-state index < -0.39 is 0 Å². The van der Waals surface area contributed by atoms with Crippen LogP contribution in [0.2, 0.25) is 5.02 Å². The molecule has 0 aliphatic heterocycles. The number of rotatable bonds is 4. The van der Waals surface area contributed by atoms with Crippen molar-refractivity contribution in [3.8, 4) is 17.2 Å². The maximum Gasteiger partial charge on any atom is 0.251 e. The monoisotopic (exact) mass is 421 g/mol. The lowest BCUT2D eigenvalue weighted by atomic mass is 9.92. The van der Waals surface area contributed by atoms with Crippen LogP contribution in [0.4, 0.5) is 0 Å². The molecule has 4 aromatic rings. The van der Waals surface area contributed by atoms with E-state index in [2.05, 4.69) is 36.3 Å². The van der Waals surface area contributed by atoms with Crippen molar-refractivity contribution >= 4 is 28.5 Å². The number of hydrogen-bond acceptors (Lipinski definition) is 3. The third kappa shape index (κ3) is 3.71. The van der Waals surface area contributed by atoms with E-state index in [9.17, 15) is 4.79 Å². The Labute approximate surface area is 180 Å². The molecule has 0 spiro atoms. The van der Waals surface area contributed by atoms with Crippen molar-refractivity contribution in [3.63, 3.8) is 0 Å². The van der Waals surface area contributed by atoms with Crippen molar-refractivity contribution in [2.75, 3.05) is 6.54 Å². The summed E-state index contributed by atoms with van der Waals surface area (Å²) in [5, 5.41) is 11.2. The molecule has 154 valence electrons. The summed E-state index contributed by atoms with van der Waals surface area (Å²) in [6, 6.07) is 15.1. The minimum atomic E-state index is -0.114. The summed E-state index contributed by atoms with van der Waals surface area (Å²) in [6.45, 7) is 8.87. The first-order valence-corrected chi connectivity index (χ1v) is 10.3. The summed E-state index contributed by atoms with van der Waals surface area (Å²) in [6.07, 6.45) is 0. The quantitative estimate of drug-likeness (QED) is 0.480. The van der Waals surface area contributed by atoms with Gasteiger partial charge in [-0.05, 0) is 49.4 Å². The number of fused-ring (bicyclic) bond motifs is 1. The highest BCUT2D eigenvalue weighted by atomic mass is 35.5. The summed E-state index contributed by atoms with van der Waals surface area (Å²) in [4.78, 5) is 17.1. The molecule has 1 amide bonds. The number of nitrogens with zero attached hydrogens (tertiary/aromatic N) is 3. The second-order valence-electron chi connectivity index (χ2n) is 8.23. The molecule has 6 nitrogen and oxygen atoms in total. The molecule has 0 radical (unpaired) electrons. The second-order valence-corrected chi connectivity index (χ2v) is 8.67. The average molecular weight is 422 g/mol. The molecule has 4 rings (SSSR count). The van der Waals surface area contributed by atoms with Crippen molar-refractivity contribution in [2.24, 2.45) is 0 Å². The number of aromatic amines is 1. The molecule has 0 bridgehead atoms. The Kier molecular flexibility index (Phi) is 5.12. The maximum absolute atomic E-state index is 12.3. The molecule has 0 atom stereocenters. The van der Waals surface area contributed by atoms with Gasteiger partial charge in [0, 0.05) is 39.9 Å². The van der Waals surface area contributed by atoms with Crippen LogP contribution in [-0.2, 0) is 5.41 Å². The van der Waals surface area contributed by atoms with Gasteiger partial charge in [-0.2, -0.15) is 5.10 Å². The number of halogens is 1. The van der Waals surface area contributed by atoms with E-state index in [4.69, 9.17) is 16.6 Å². The van der Waals surface area contributed by atoms with Crippen LogP contribution in [0.25, 0.3) is 28.2 Å². The molecule has 0 aliphatic rings. The number of aromatic nitrogens is 4. The van der Waals surface area contributed by atoms with Crippen molar-refractivity contribution < 1.29 is 4.79 Å². The zero-order valence-corrected chi connectivity index (χ0v) is 18.2. The van der Waals surface area contributed by atoms with Crippen molar-refractivity contribution in [1.82, 2.24) is 25.1 Å². The van der Waals surface area contributed by atoms with Gasteiger partial charge in [0.2, 0.25) is 0 Å². The number of H-pyrrole nitrogens is 1. The highest BCUT2D eigenvalue weighted by molar-refractivity contribution is 6.30. The van der Waals surface area contributed by atoms with Gasteiger partial charge < -0.3 is 5.32 Å². The fourth-order valence-corrected chi connectivity index (χ4v) is 3.44. The first-order valence-electron chi connectivity index (χ1n) is 9.91. The van der Waals surface area contributed by atoms with Gasteiger partial charge >= 0.3 is 0 Å². The minimum Gasteiger partial charge on any atom is -0.352 e. The number of hydrogen-bond donors (Lipinski definition) is 2. The fraction of sp³-hybridized carbons (Fsp3) is 0.261. The molecule has 30 heavy (non-hydrogen) atoms. The van der Waals surface area contributed by atoms with Crippen LogP contribution >= 0.6 is 11.6 Å². The normalized spacial score (nSPS) is 11.8. The zero-order chi connectivity index (χ0) is 21.5. The number of carbonyl (C=O) groups excluding carboxylic acids is 1. The van der Waals surface area contributed by atoms with Crippen LogP contribution in [0.15, 0.2) is 48.5 Å². The van der Waals surface area contributed by atoms with Gasteiger partial charge in [0.25, 0.3) is 5.91 Å². The Morgan fingerprint density at radius 3 is 2.50 bits per heavy atom. The summed E-state index contributed by atoms with van der Waals surface area (Å²) < 4.78 is 2.01. The van der Waals surface area contributed by atoms with Crippen LogP contribution in [0.3, 0.4) is 0 Å². The van der Waals surface area contributed by atoms with E-state index in [1.54, 1.807) is 0 Å². The van der Waals surface area contributed by atoms with Crippen LogP contribution in [0.1, 0.15) is 43.7 Å². The molecule has 0 saturated heterocycles. The highest BCUT2D eigenvalue weighted by Gasteiger charge is 2.21.